The van der Waals surface area contributed by atoms with Crippen LogP contribution in [0.25, 0.3) is 0 Å². The second kappa shape index (κ2) is 5.38. The van der Waals surface area contributed by atoms with Gasteiger partial charge in [-0.05, 0) is 6.08 Å². The SMILES string of the molecule is C=CC(=O)OCC=CCl. The molecule has 0 aliphatic rings. The summed E-state index contributed by atoms with van der Waals surface area (Å²) in [5.74, 6) is -0.440. The van der Waals surface area contributed by atoms with Crippen molar-refractivity contribution >= 4 is 17.6 Å². The molecule has 2 nitrogen and oxygen atoms in total. The van der Waals surface area contributed by atoms with Crippen LogP contribution in [0.1, 0.15) is 0 Å². The molecule has 0 amide bonds. The molecule has 50 valence electrons. The molecule has 0 aliphatic carbocycles. The Balaban J connectivity index is 3.27. The summed E-state index contributed by atoms with van der Waals surface area (Å²) in [5.41, 5.74) is 1.29. The van der Waals surface area contributed by atoms with E-state index in [1.807, 2.05) is 0 Å². The fourth-order valence-corrected chi connectivity index (χ4v) is 0.298. The molecule has 0 N–H and O–H groups in total. The predicted octanol–water partition coefficient (Wildman–Crippen LogP) is 1.47. The Labute approximate surface area is 58.8 Å². The first-order chi connectivity index (χ1) is 4.31. The third-order valence-corrected chi connectivity index (χ3v) is 0.756. The van der Waals surface area contributed by atoms with Gasteiger partial charge in [0.15, 0.2) is 0 Å². The highest BCUT2D eigenvalue weighted by Crippen LogP contribution is 1.82. The lowest BCUT2D eigenvalue weighted by Gasteiger charge is -1.92. The van der Waals surface area contributed by atoms with Crippen LogP contribution in [0.3, 0.4) is 0 Å². The minimum Gasteiger partial charge on any atom is -0.458 e. The first-order valence-electron chi connectivity index (χ1n) is 2.35. The Hall–Kier alpha value is -0.760. The second-order valence-electron chi connectivity index (χ2n) is 1.20. The van der Waals surface area contributed by atoms with Gasteiger partial charge in [-0.2, -0.15) is 0 Å². The van der Waals surface area contributed by atoms with Gasteiger partial charge in [-0.15, -0.1) is 0 Å². The van der Waals surface area contributed by atoms with Crippen molar-refractivity contribution in [2.24, 2.45) is 0 Å². The zero-order valence-corrected chi connectivity index (χ0v) is 5.60. The van der Waals surface area contributed by atoms with Gasteiger partial charge in [-0.3, -0.25) is 0 Å². The molecule has 0 saturated heterocycles. The van der Waals surface area contributed by atoms with E-state index in [4.69, 9.17) is 11.6 Å². The highest BCUT2D eigenvalue weighted by atomic mass is 35.5. The van der Waals surface area contributed by atoms with Crippen molar-refractivity contribution in [2.45, 2.75) is 0 Å². The molecule has 0 aromatic carbocycles. The molecule has 0 heterocycles. The van der Waals surface area contributed by atoms with Crippen molar-refractivity contribution < 1.29 is 9.53 Å². The average Bonchev–Trinajstić information content (AvgIpc) is 1.89. The van der Waals surface area contributed by atoms with Gasteiger partial charge in [-0.1, -0.05) is 18.2 Å². The topological polar surface area (TPSA) is 26.3 Å². The van der Waals surface area contributed by atoms with Gasteiger partial charge in [0.2, 0.25) is 0 Å². The number of ether oxygens (including phenoxy) is 1. The number of hydrogen-bond donors (Lipinski definition) is 0. The maximum atomic E-state index is 10.3. The lowest BCUT2D eigenvalue weighted by atomic mass is 10.6. The second-order valence-corrected chi connectivity index (χ2v) is 1.45. The minimum atomic E-state index is -0.440. The molecule has 0 spiro atoms. The normalized spacial score (nSPS) is 9.44. The summed E-state index contributed by atoms with van der Waals surface area (Å²) >= 11 is 5.13. The van der Waals surface area contributed by atoms with Gasteiger partial charge in [-0.25, -0.2) is 4.79 Å². The summed E-state index contributed by atoms with van der Waals surface area (Å²) in [5, 5.41) is 0. The molecular weight excluding hydrogens is 140 g/mol. The van der Waals surface area contributed by atoms with Crippen LogP contribution in [0, 0.1) is 0 Å². The summed E-state index contributed by atoms with van der Waals surface area (Å²) in [4.78, 5) is 10.3. The van der Waals surface area contributed by atoms with E-state index in [0.717, 1.165) is 6.08 Å². The van der Waals surface area contributed by atoms with Crippen molar-refractivity contribution in [1.82, 2.24) is 0 Å². The molecule has 0 bridgehead atoms. The van der Waals surface area contributed by atoms with Crippen LogP contribution < -0.4 is 0 Å². The molecule has 0 rings (SSSR count). The lowest BCUT2D eigenvalue weighted by Crippen LogP contribution is -1.98. The van der Waals surface area contributed by atoms with Gasteiger partial charge in [0.05, 0.1) is 0 Å². The maximum Gasteiger partial charge on any atom is 0.330 e. The standard InChI is InChI=1S/C6H7ClO2/c1-2-6(8)9-5-3-4-7/h2-4H,1,5H2. The summed E-state index contributed by atoms with van der Waals surface area (Å²) in [6.07, 6.45) is 2.62. The number of carbonyl (C=O) groups excluding carboxylic acids is 1. The molecule has 0 unspecified atom stereocenters. The number of rotatable bonds is 3. The van der Waals surface area contributed by atoms with Crippen molar-refractivity contribution in [3.63, 3.8) is 0 Å². The van der Waals surface area contributed by atoms with Crippen molar-refractivity contribution in [1.29, 1.82) is 0 Å². The van der Waals surface area contributed by atoms with Crippen LogP contribution in [0.4, 0.5) is 0 Å². The number of hydrogen-bond acceptors (Lipinski definition) is 2. The average molecular weight is 147 g/mol. The van der Waals surface area contributed by atoms with E-state index < -0.39 is 5.97 Å². The smallest absolute Gasteiger partial charge is 0.330 e. The maximum absolute atomic E-state index is 10.3. The van der Waals surface area contributed by atoms with E-state index in [1.165, 1.54) is 11.6 Å². The predicted molar refractivity (Wildman–Crippen MR) is 36.1 cm³/mol. The number of esters is 1. The summed E-state index contributed by atoms with van der Waals surface area (Å²) < 4.78 is 4.50. The fourth-order valence-electron chi connectivity index (χ4n) is 0.226. The lowest BCUT2D eigenvalue weighted by molar-refractivity contribution is -0.136. The Morgan fingerprint density at radius 1 is 1.78 bits per heavy atom. The van der Waals surface area contributed by atoms with Crippen LogP contribution in [0.2, 0.25) is 0 Å². The van der Waals surface area contributed by atoms with E-state index in [9.17, 15) is 4.79 Å². The third kappa shape index (κ3) is 5.11. The summed E-state index contributed by atoms with van der Waals surface area (Å²) in [7, 11) is 0. The van der Waals surface area contributed by atoms with Gasteiger partial charge in [0.25, 0.3) is 0 Å². The Kier molecular flexibility index (Phi) is 4.92. The molecular formula is C6H7ClO2. The van der Waals surface area contributed by atoms with Gasteiger partial charge < -0.3 is 4.74 Å². The highest BCUT2D eigenvalue weighted by molar-refractivity contribution is 6.25. The molecule has 0 aliphatic heterocycles. The third-order valence-electron chi connectivity index (χ3n) is 0.578. The van der Waals surface area contributed by atoms with E-state index in [-0.39, 0.29) is 6.61 Å². The van der Waals surface area contributed by atoms with Crippen LogP contribution in [0.5, 0.6) is 0 Å². The zero-order valence-electron chi connectivity index (χ0n) is 4.84. The molecule has 9 heavy (non-hydrogen) atoms. The minimum absolute atomic E-state index is 0.203. The number of carbonyl (C=O) groups is 1. The van der Waals surface area contributed by atoms with Crippen LogP contribution >= 0.6 is 11.6 Å². The van der Waals surface area contributed by atoms with Crippen molar-refractivity contribution in [3.05, 3.63) is 24.3 Å². The van der Waals surface area contributed by atoms with Crippen LogP contribution in [0.15, 0.2) is 24.3 Å². The zero-order chi connectivity index (χ0) is 7.11. The molecule has 0 atom stereocenters. The van der Waals surface area contributed by atoms with Gasteiger partial charge in [0.1, 0.15) is 6.61 Å². The first-order valence-corrected chi connectivity index (χ1v) is 2.79. The fraction of sp³-hybridized carbons (Fsp3) is 0.167. The van der Waals surface area contributed by atoms with Crippen molar-refractivity contribution in [2.75, 3.05) is 6.61 Å². The summed E-state index contributed by atoms with van der Waals surface area (Å²) in [6, 6.07) is 0. The van der Waals surface area contributed by atoms with E-state index >= 15 is 0 Å². The quantitative estimate of drug-likeness (QED) is 0.445. The van der Waals surface area contributed by atoms with Crippen molar-refractivity contribution in [3.8, 4) is 0 Å². The Morgan fingerprint density at radius 2 is 2.44 bits per heavy atom. The molecule has 0 saturated carbocycles. The van der Waals surface area contributed by atoms with E-state index in [1.54, 1.807) is 0 Å². The van der Waals surface area contributed by atoms with Crippen LogP contribution in [-0.4, -0.2) is 12.6 Å². The van der Waals surface area contributed by atoms with Gasteiger partial charge >= 0.3 is 5.97 Å². The molecule has 0 aromatic heterocycles. The van der Waals surface area contributed by atoms with Gasteiger partial charge in [0, 0.05) is 11.6 Å². The monoisotopic (exact) mass is 146 g/mol. The molecule has 0 radical (unpaired) electrons. The first kappa shape index (κ1) is 8.24. The van der Waals surface area contributed by atoms with E-state index in [2.05, 4.69) is 11.3 Å². The largest absolute Gasteiger partial charge is 0.458 e. The molecule has 0 aromatic rings. The summed E-state index contributed by atoms with van der Waals surface area (Å²) in [6.45, 7) is 3.41. The number of halogens is 1. The highest BCUT2D eigenvalue weighted by Gasteiger charge is 1.88. The molecule has 3 heteroatoms. The Morgan fingerprint density at radius 3 is 2.89 bits per heavy atom. The van der Waals surface area contributed by atoms with Crippen LogP contribution in [-0.2, 0) is 9.53 Å². The Bertz CT molecular complexity index is 129. The van der Waals surface area contributed by atoms with E-state index in [0.29, 0.717) is 0 Å². The molecule has 0 fully saturated rings.